The highest BCUT2D eigenvalue weighted by Crippen LogP contribution is 2.65. The molecule has 3 aliphatic rings. The van der Waals surface area contributed by atoms with Crippen molar-refractivity contribution in [2.75, 3.05) is 11.5 Å². The molecular weight excluding hydrogens is 381 g/mol. The normalized spacial score (nSPS) is 22.7. The van der Waals surface area contributed by atoms with Crippen molar-refractivity contribution in [3.05, 3.63) is 25.8 Å². The molecule has 0 aromatic carbocycles. The van der Waals surface area contributed by atoms with Gasteiger partial charge in [-0.25, -0.2) is 0 Å². The average Bonchev–Trinajstić information content (AvgIpc) is 2.98. The van der Waals surface area contributed by atoms with Gasteiger partial charge < -0.3 is 0 Å². The fraction of sp³-hybridized carbons (Fsp3) is 0.222. The second-order valence-corrected chi connectivity index (χ2v) is 13.4. The molecular formula is C9H4OS8. The van der Waals surface area contributed by atoms with E-state index in [1.807, 2.05) is 47.0 Å². The summed E-state index contributed by atoms with van der Waals surface area (Å²) in [5.74, 6) is 2.46. The first-order valence-corrected chi connectivity index (χ1v) is 11.8. The highest BCUT2D eigenvalue weighted by atomic mass is 32.3. The van der Waals surface area contributed by atoms with Crippen molar-refractivity contribution in [2.24, 2.45) is 0 Å². The molecule has 18 heavy (non-hydrogen) atoms. The Balaban J connectivity index is 1.61. The Morgan fingerprint density at radius 2 is 1.17 bits per heavy atom. The quantitative estimate of drug-likeness (QED) is 0.573. The lowest BCUT2D eigenvalue weighted by Crippen LogP contribution is -1.88. The Hall–Kier alpha value is 1.43. The molecule has 0 N–H and O–H groups in total. The predicted octanol–water partition coefficient (Wildman–Crippen LogP) is 5.58. The molecule has 0 unspecified atom stereocenters. The Labute approximate surface area is 137 Å². The number of hydrogen-bond donors (Lipinski definition) is 0. The molecule has 1 nitrogen and oxygen atoms in total. The highest BCUT2D eigenvalue weighted by Gasteiger charge is 2.31. The summed E-state index contributed by atoms with van der Waals surface area (Å²) in [6.45, 7) is 0. The zero-order valence-corrected chi connectivity index (χ0v) is 15.1. The van der Waals surface area contributed by atoms with Gasteiger partial charge in [-0.05, 0) is 0 Å². The van der Waals surface area contributed by atoms with Gasteiger partial charge in [0.25, 0.3) is 4.06 Å². The second kappa shape index (κ2) is 5.32. The summed E-state index contributed by atoms with van der Waals surface area (Å²) in [4.78, 5) is 11.3. The van der Waals surface area contributed by atoms with E-state index in [9.17, 15) is 4.79 Å². The van der Waals surface area contributed by atoms with Crippen LogP contribution in [-0.2, 0) is 0 Å². The highest BCUT2D eigenvalue weighted by molar-refractivity contribution is 8.42. The van der Waals surface area contributed by atoms with Crippen LogP contribution in [-0.4, -0.2) is 11.5 Å². The lowest BCUT2D eigenvalue weighted by Gasteiger charge is -2.08. The summed E-state index contributed by atoms with van der Waals surface area (Å²) in [6, 6.07) is 0. The summed E-state index contributed by atoms with van der Waals surface area (Å²) < 4.78 is 8.39. The summed E-state index contributed by atoms with van der Waals surface area (Å²) in [5, 5.41) is 0. The van der Waals surface area contributed by atoms with Gasteiger partial charge in [-0.1, -0.05) is 69.7 Å². The molecule has 0 bridgehead atoms. The van der Waals surface area contributed by atoms with Gasteiger partial charge in [0.2, 0.25) is 0 Å². The molecule has 4 heterocycles. The van der Waals surface area contributed by atoms with Crippen molar-refractivity contribution in [3.8, 4) is 0 Å². The van der Waals surface area contributed by atoms with Crippen LogP contribution in [0, 0.1) is 0 Å². The van der Waals surface area contributed by atoms with Gasteiger partial charge in [0.1, 0.15) is 0 Å². The van der Waals surface area contributed by atoms with Gasteiger partial charge in [0, 0.05) is 11.5 Å². The minimum atomic E-state index is 0.222. The molecule has 0 saturated carbocycles. The molecule has 0 amide bonds. The van der Waals surface area contributed by atoms with Crippen molar-refractivity contribution in [1.29, 1.82) is 0 Å². The molecule has 0 radical (unpaired) electrons. The molecule has 0 aliphatic carbocycles. The first-order chi connectivity index (χ1) is 8.79. The van der Waals surface area contributed by atoms with Crippen LogP contribution in [0.3, 0.4) is 0 Å². The molecule has 4 rings (SSSR count). The van der Waals surface area contributed by atoms with E-state index in [2.05, 4.69) is 0 Å². The monoisotopic (exact) mass is 384 g/mol. The maximum atomic E-state index is 11.3. The predicted molar refractivity (Wildman–Crippen MR) is 94.3 cm³/mol. The van der Waals surface area contributed by atoms with E-state index in [0.29, 0.717) is 0 Å². The molecule has 1 aromatic rings. The first kappa shape index (κ1) is 13.1. The summed E-state index contributed by atoms with van der Waals surface area (Å²) >= 11 is 14.2. The zero-order valence-electron chi connectivity index (χ0n) is 8.59. The molecule has 0 saturated heterocycles. The van der Waals surface area contributed by atoms with Crippen molar-refractivity contribution in [2.45, 2.75) is 8.42 Å². The van der Waals surface area contributed by atoms with E-state index >= 15 is 0 Å². The van der Waals surface area contributed by atoms with Crippen molar-refractivity contribution in [1.82, 2.24) is 0 Å². The molecule has 3 aliphatic heterocycles. The minimum Gasteiger partial charge on any atom is -0.265 e. The third kappa shape index (κ3) is 2.38. The van der Waals surface area contributed by atoms with Crippen molar-refractivity contribution >= 4 is 93.2 Å². The standard InChI is InChI=1S/C9H4OS8/c10-9-17-7-8(18-9)16-6(15-7)5-13-3-4(14-5)12-2-1-11-3/h1-2H2. The van der Waals surface area contributed by atoms with E-state index in [-0.39, 0.29) is 4.06 Å². The molecule has 0 fully saturated rings. The van der Waals surface area contributed by atoms with E-state index in [0.717, 1.165) is 0 Å². The third-order valence-corrected chi connectivity index (χ3v) is 13.6. The van der Waals surface area contributed by atoms with Crippen LogP contribution in [0.1, 0.15) is 0 Å². The minimum absolute atomic E-state index is 0.222. The zero-order chi connectivity index (χ0) is 12.1. The lowest BCUT2D eigenvalue weighted by atomic mass is 11.0. The Bertz CT molecular complexity index is 587. The van der Waals surface area contributed by atoms with E-state index in [1.54, 1.807) is 23.5 Å². The van der Waals surface area contributed by atoms with E-state index in [1.165, 1.54) is 59.5 Å². The maximum absolute atomic E-state index is 11.3. The van der Waals surface area contributed by atoms with Gasteiger partial charge in [-0.15, -0.1) is 23.5 Å². The fourth-order valence-corrected chi connectivity index (χ4v) is 13.5. The first-order valence-electron chi connectivity index (χ1n) is 4.89. The van der Waals surface area contributed by atoms with Gasteiger partial charge in [0.05, 0.1) is 25.4 Å². The number of thioether (sulfide) groups is 6. The van der Waals surface area contributed by atoms with Crippen LogP contribution < -0.4 is 4.06 Å². The van der Waals surface area contributed by atoms with Crippen LogP contribution in [0.2, 0.25) is 0 Å². The van der Waals surface area contributed by atoms with Crippen molar-refractivity contribution < 1.29 is 0 Å². The third-order valence-electron chi connectivity index (χ3n) is 2.14. The van der Waals surface area contributed by atoms with Crippen LogP contribution in [0.5, 0.6) is 0 Å². The van der Waals surface area contributed by atoms with Gasteiger partial charge in [-0.3, -0.25) is 4.79 Å². The van der Waals surface area contributed by atoms with Crippen LogP contribution in [0.15, 0.2) is 30.2 Å². The smallest absolute Gasteiger partial charge is 0.265 e. The van der Waals surface area contributed by atoms with Gasteiger partial charge >= 0.3 is 0 Å². The molecule has 0 atom stereocenters. The SMILES string of the molecule is O=c1sc2c(s1)SC(=C1SC3=C(SCCS3)S1)S2. The summed E-state index contributed by atoms with van der Waals surface area (Å²) in [5.41, 5.74) is 0. The second-order valence-electron chi connectivity index (χ2n) is 3.28. The Morgan fingerprint density at radius 1 is 0.667 bits per heavy atom. The van der Waals surface area contributed by atoms with Crippen molar-refractivity contribution in [3.63, 3.8) is 0 Å². The average molecular weight is 385 g/mol. The molecule has 9 heteroatoms. The number of fused-ring (bicyclic) bond motifs is 1. The molecule has 0 spiro atoms. The molecule has 1 aromatic heterocycles. The van der Waals surface area contributed by atoms with Crippen LogP contribution >= 0.6 is 93.2 Å². The summed E-state index contributed by atoms with van der Waals surface area (Å²) in [7, 11) is 0. The Kier molecular flexibility index (Phi) is 3.88. The van der Waals surface area contributed by atoms with Crippen LogP contribution in [0.4, 0.5) is 0 Å². The van der Waals surface area contributed by atoms with E-state index in [4.69, 9.17) is 0 Å². The van der Waals surface area contributed by atoms with Gasteiger partial charge in [-0.2, -0.15) is 0 Å². The fourth-order valence-electron chi connectivity index (χ4n) is 1.45. The maximum Gasteiger partial charge on any atom is 0.289 e. The van der Waals surface area contributed by atoms with E-state index < -0.39 is 0 Å². The number of rotatable bonds is 0. The largest absolute Gasteiger partial charge is 0.289 e. The topological polar surface area (TPSA) is 17.1 Å². The number of hydrogen-bond acceptors (Lipinski definition) is 9. The molecule has 94 valence electrons. The van der Waals surface area contributed by atoms with Gasteiger partial charge in [0.15, 0.2) is 0 Å². The Morgan fingerprint density at radius 3 is 1.72 bits per heavy atom. The summed E-state index contributed by atoms with van der Waals surface area (Å²) in [6.07, 6.45) is 0. The lowest BCUT2D eigenvalue weighted by molar-refractivity contribution is 1.56. The van der Waals surface area contributed by atoms with Crippen LogP contribution in [0.25, 0.3) is 0 Å².